The molecule has 0 radical (unpaired) electrons. The quantitative estimate of drug-likeness (QED) is 0.285. The van der Waals surface area contributed by atoms with Gasteiger partial charge in [0, 0.05) is 12.1 Å². The van der Waals surface area contributed by atoms with Crippen molar-refractivity contribution in [2.45, 2.75) is 32.7 Å². The van der Waals surface area contributed by atoms with Crippen molar-refractivity contribution in [2.75, 3.05) is 13.7 Å². The van der Waals surface area contributed by atoms with E-state index in [9.17, 15) is 14.0 Å². The molecule has 0 aliphatic heterocycles. The fourth-order valence-electron chi connectivity index (χ4n) is 4.14. The topological polar surface area (TPSA) is 64.4 Å². The molecular formula is C28H27ClFN3O3. The minimum absolute atomic E-state index is 0.108. The molecule has 0 saturated carbocycles. The number of benzene rings is 3. The standard InChI is InChI=1S/C28H27ClFN3O3/c1-4-5-16-32(27(34)19-10-13-21(36-3)14-11-19)18(2)26-31-25-9-7-6-8-22(25)28(35)33(26)20-12-15-24(30)23(29)17-20/h6-15,17-18H,4-5,16H2,1-3H3. The maximum atomic E-state index is 13.9. The first kappa shape index (κ1) is 25.4. The van der Waals surface area contributed by atoms with Gasteiger partial charge in [0.2, 0.25) is 0 Å². The maximum Gasteiger partial charge on any atom is 0.266 e. The van der Waals surface area contributed by atoms with Crippen LogP contribution in [-0.2, 0) is 0 Å². The lowest BCUT2D eigenvalue weighted by Gasteiger charge is -2.31. The molecule has 0 spiro atoms. The lowest BCUT2D eigenvalue weighted by atomic mass is 10.1. The number of carbonyl (C=O) groups excluding carboxylic acids is 1. The molecule has 1 heterocycles. The third-order valence-electron chi connectivity index (χ3n) is 6.15. The lowest BCUT2D eigenvalue weighted by Crippen LogP contribution is -2.38. The van der Waals surface area contributed by atoms with Crippen molar-refractivity contribution in [1.82, 2.24) is 14.5 Å². The smallest absolute Gasteiger partial charge is 0.266 e. The predicted octanol–water partition coefficient (Wildman–Crippen LogP) is 6.19. The number of rotatable bonds is 8. The van der Waals surface area contributed by atoms with Crippen LogP contribution in [0.3, 0.4) is 0 Å². The number of methoxy groups -OCH3 is 1. The second-order valence-corrected chi connectivity index (χ2v) is 8.89. The van der Waals surface area contributed by atoms with E-state index in [-0.39, 0.29) is 16.5 Å². The van der Waals surface area contributed by atoms with Crippen LogP contribution in [0, 0.1) is 5.82 Å². The van der Waals surface area contributed by atoms with Crippen molar-refractivity contribution in [3.05, 3.63) is 99.3 Å². The molecule has 0 aliphatic carbocycles. The molecule has 1 unspecified atom stereocenters. The number of halogens is 2. The van der Waals surface area contributed by atoms with Gasteiger partial charge >= 0.3 is 0 Å². The summed E-state index contributed by atoms with van der Waals surface area (Å²) in [6, 6.07) is 17.4. The minimum atomic E-state index is -0.587. The Labute approximate surface area is 213 Å². The van der Waals surface area contributed by atoms with E-state index in [1.54, 1.807) is 60.5 Å². The molecule has 8 heteroatoms. The van der Waals surface area contributed by atoms with Crippen LogP contribution in [-0.4, -0.2) is 34.0 Å². The Morgan fingerprint density at radius 3 is 2.53 bits per heavy atom. The first-order valence-electron chi connectivity index (χ1n) is 11.8. The molecule has 186 valence electrons. The van der Waals surface area contributed by atoms with Gasteiger partial charge in [0.05, 0.1) is 34.8 Å². The van der Waals surface area contributed by atoms with Gasteiger partial charge in [0.25, 0.3) is 11.5 Å². The fraction of sp³-hybridized carbons (Fsp3) is 0.250. The number of fused-ring (bicyclic) bond motifs is 1. The van der Waals surface area contributed by atoms with Crippen LogP contribution in [0.4, 0.5) is 4.39 Å². The summed E-state index contributed by atoms with van der Waals surface area (Å²) >= 11 is 6.07. The van der Waals surface area contributed by atoms with Gasteiger partial charge in [0.15, 0.2) is 0 Å². The van der Waals surface area contributed by atoms with Gasteiger partial charge in [-0.1, -0.05) is 37.1 Å². The maximum absolute atomic E-state index is 13.9. The molecule has 3 aromatic carbocycles. The monoisotopic (exact) mass is 507 g/mol. The van der Waals surface area contributed by atoms with Crippen LogP contribution < -0.4 is 10.3 Å². The van der Waals surface area contributed by atoms with Crippen molar-refractivity contribution >= 4 is 28.4 Å². The van der Waals surface area contributed by atoms with Crippen LogP contribution in [0.2, 0.25) is 5.02 Å². The number of unbranched alkanes of at least 4 members (excludes halogenated alkanes) is 1. The number of amides is 1. The van der Waals surface area contributed by atoms with E-state index in [1.807, 2.05) is 13.8 Å². The number of carbonyl (C=O) groups is 1. The Kier molecular flexibility index (Phi) is 7.70. The Balaban J connectivity index is 1.89. The number of hydrogen-bond acceptors (Lipinski definition) is 4. The summed E-state index contributed by atoms with van der Waals surface area (Å²) in [7, 11) is 1.57. The highest BCUT2D eigenvalue weighted by molar-refractivity contribution is 6.30. The SMILES string of the molecule is CCCCN(C(=O)c1ccc(OC)cc1)C(C)c1nc2ccccc2c(=O)n1-c1ccc(F)c(Cl)c1. The number of hydrogen-bond donors (Lipinski definition) is 0. The average molecular weight is 508 g/mol. The largest absolute Gasteiger partial charge is 0.497 e. The Morgan fingerprint density at radius 1 is 1.14 bits per heavy atom. The zero-order valence-electron chi connectivity index (χ0n) is 20.4. The highest BCUT2D eigenvalue weighted by Gasteiger charge is 2.27. The summed E-state index contributed by atoms with van der Waals surface area (Å²) in [4.78, 5) is 33.8. The first-order valence-corrected chi connectivity index (χ1v) is 12.2. The van der Waals surface area contributed by atoms with Crippen molar-refractivity contribution < 1.29 is 13.9 Å². The summed E-state index contributed by atoms with van der Waals surface area (Å²) in [5, 5.41) is 0.304. The summed E-state index contributed by atoms with van der Waals surface area (Å²) in [6.07, 6.45) is 1.65. The van der Waals surface area contributed by atoms with E-state index in [1.165, 1.54) is 22.8 Å². The van der Waals surface area contributed by atoms with Gasteiger partial charge < -0.3 is 9.64 Å². The van der Waals surface area contributed by atoms with Crippen LogP contribution >= 0.6 is 11.6 Å². The van der Waals surface area contributed by atoms with Crippen molar-refractivity contribution in [1.29, 1.82) is 0 Å². The Morgan fingerprint density at radius 2 is 1.86 bits per heavy atom. The summed E-state index contributed by atoms with van der Waals surface area (Å²) in [5.41, 5.74) is 1.07. The van der Waals surface area contributed by atoms with E-state index in [4.69, 9.17) is 21.3 Å². The number of para-hydroxylation sites is 1. The van der Waals surface area contributed by atoms with Gasteiger partial charge in [-0.15, -0.1) is 0 Å². The highest BCUT2D eigenvalue weighted by Crippen LogP contribution is 2.27. The lowest BCUT2D eigenvalue weighted by molar-refractivity contribution is 0.0678. The van der Waals surface area contributed by atoms with Crippen LogP contribution in [0.5, 0.6) is 5.75 Å². The van der Waals surface area contributed by atoms with Gasteiger partial charge in [-0.05, 0) is 67.9 Å². The summed E-state index contributed by atoms with van der Waals surface area (Å²) in [6.45, 7) is 4.36. The number of ether oxygens (including phenoxy) is 1. The molecule has 6 nitrogen and oxygen atoms in total. The van der Waals surface area contributed by atoms with Crippen molar-refractivity contribution in [3.8, 4) is 11.4 Å². The first-order chi connectivity index (χ1) is 17.3. The number of aromatic nitrogens is 2. The molecule has 0 aliphatic rings. The molecule has 36 heavy (non-hydrogen) atoms. The summed E-state index contributed by atoms with van der Waals surface area (Å²) < 4.78 is 20.6. The van der Waals surface area contributed by atoms with E-state index in [2.05, 4.69) is 0 Å². The van der Waals surface area contributed by atoms with Crippen molar-refractivity contribution in [3.63, 3.8) is 0 Å². The third-order valence-corrected chi connectivity index (χ3v) is 6.44. The second-order valence-electron chi connectivity index (χ2n) is 8.48. The molecule has 0 fully saturated rings. The van der Waals surface area contributed by atoms with Crippen LogP contribution in [0.1, 0.15) is 48.9 Å². The van der Waals surface area contributed by atoms with E-state index < -0.39 is 11.9 Å². The average Bonchev–Trinajstić information content (AvgIpc) is 2.90. The fourth-order valence-corrected chi connectivity index (χ4v) is 4.32. The zero-order chi connectivity index (χ0) is 25.8. The molecule has 1 atom stereocenters. The Bertz CT molecular complexity index is 1450. The van der Waals surface area contributed by atoms with E-state index >= 15 is 0 Å². The molecule has 0 N–H and O–H groups in total. The van der Waals surface area contributed by atoms with Gasteiger partial charge in [-0.25, -0.2) is 9.37 Å². The van der Waals surface area contributed by atoms with Crippen LogP contribution in [0.15, 0.2) is 71.5 Å². The second kappa shape index (κ2) is 10.9. The molecular weight excluding hydrogens is 481 g/mol. The normalized spacial score (nSPS) is 11.9. The summed E-state index contributed by atoms with van der Waals surface area (Å²) in [5.74, 6) is 0.234. The molecule has 1 amide bonds. The Hall–Kier alpha value is -3.71. The molecule has 0 bridgehead atoms. The van der Waals surface area contributed by atoms with E-state index in [0.717, 1.165) is 12.8 Å². The van der Waals surface area contributed by atoms with Gasteiger partial charge in [-0.3, -0.25) is 14.2 Å². The molecule has 1 aromatic heterocycles. The van der Waals surface area contributed by atoms with Crippen LogP contribution in [0.25, 0.3) is 16.6 Å². The zero-order valence-corrected chi connectivity index (χ0v) is 21.1. The van der Waals surface area contributed by atoms with Crippen molar-refractivity contribution in [2.24, 2.45) is 0 Å². The van der Waals surface area contributed by atoms with Gasteiger partial charge in [0.1, 0.15) is 17.4 Å². The predicted molar refractivity (Wildman–Crippen MR) is 140 cm³/mol. The third kappa shape index (κ3) is 4.97. The molecule has 4 rings (SSSR count). The molecule has 0 saturated heterocycles. The van der Waals surface area contributed by atoms with Gasteiger partial charge in [-0.2, -0.15) is 0 Å². The molecule has 4 aromatic rings. The highest BCUT2D eigenvalue weighted by atomic mass is 35.5. The van der Waals surface area contributed by atoms with E-state index in [0.29, 0.717) is 40.3 Å². The number of nitrogens with zero attached hydrogens (tertiary/aromatic N) is 3. The minimum Gasteiger partial charge on any atom is -0.497 e.